The molecule has 5 heteroatoms. The van der Waals surface area contributed by atoms with Crippen LogP contribution in [-0.2, 0) is 9.53 Å². The summed E-state index contributed by atoms with van der Waals surface area (Å²) in [5.41, 5.74) is -0.157. The van der Waals surface area contributed by atoms with Crippen molar-refractivity contribution in [3.8, 4) is 0 Å². The van der Waals surface area contributed by atoms with Crippen LogP contribution >= 0.6 is 11.8 Å². The number of amides is 1. The molecule has 0 aromatic carbocycles. The van der Waals surface area contributed by atoms with Crippen molar-refractivity contribution in [3.05, 3.63) is 0 Å². The van der Waals surface area contributed by atoms with Crippen molar-refractivity contribution >= 4 is 17.7 Å². The zero-order valence-electron chi connectivity index (χ0n) is 10.7. The standard InChI is InChI=1S/C12H22N2O2S/c1-12(16-2)4-3-6-14(9-12)11(15)10-8-17-7-5-13-10/h10,13H,3-9H2,1-2H3. The van der Waals surface area contributed by atoms with Crippen molar-refractivity contribution in [2.75, 3.05) is 38.2 Å². The second-order valence-electron chi connectivity index (χ2n) is 5.10. The number of hydrogen-bond donors (Lipinski definition) is 1. The number of thioether (sulfide) groups is 1. The molecule has 1 amide bonds. The third-order valence-corrected chi connectivity index (χ3v) is 4.75. The van der Waals surface area contributed by atoms with Gasteiger partial charge in [0.25, 0.3) is 0 Å². The zero-order chi connectivity index (χ0) is 12.3. The highest BCUT2D eigenvalue weighted by molar-refractivity contribution is 7.99. The van der Waals surface area contributed by atoms with E-state index in [0.717, 1.165) is 44.0 Å². The number of methoxy groups -OCH3 is 1. The van der Waals surface area contributed by atoms with Crippen molar-refractivity contribution in [1.82, 2.24) is 10.2 Å². The van der Waals surface area contributed by atoms with Gasteiger partial charge in [-0.05, 0) is 19.8 Å². The van der Waals surface area contributed by atoms with Crippen LogP contribution in [0.5, 0.6) is 0 Å². The summed E-state index contributed by atoms with van der Waals surface area (Å²) >= 11 is 1.86. The number of carbonyl (C=O) groups is 1. The van der Waals surface area contributed by atoms with Gasteiger partial charge < -0.3 is 15.0 Å². The smallest absolute Gasteiger partial charge is 0.240 e. The van der Waals surface area contributed by atoms with E-state index in [1.807, 2.05) is 16.7 Å². The highest BCUT2D eigenvalue weighted by atomic mass is 32.2. The summed E-state index contributed by atoms with van der Waals surface area (Å²) in [5, 5.41) is 3.31. The number of hydrogen-bond acceptors (Lipinski definition) is 4. The van der Waals surface area contributed by atoms with Crippen LogP contribution in [0.4, 0.5) is 0 Å². The Balaban J connectivity index is 1.94. The summed E-state index contributed by atoms with van der Waals surface area (Å²) in [6, 6.07) is 0.00737. The average molecular weight is 258 g/mol. The molecule has 0 aromatic heterocycles. The third kappa shape index (κ3) is 3.14. The highest BCUT2D eigenvalue weighted by Crippen LogP contribution is 2.24. The van der Waals surface area contributed by atoms with Crippen LogP contribution in [0.1, 0.15) is 19.8 Å². The predicted octanol–water partition coefficient (Wildman–Crippen LogP) is 0.719. The lowest BCUT2D eigenvalue weighted by Crippen LogP contribution is -2.56. The van der Waals surface area contributed by atoms with E-state index in [4.69, 9.17) is 4.74 Å². The van der Waals surface area contributed by atoms with Crippen molar-refractivity contribution in [3.63, 3.8) is 0 Å². The van der Waals surface area contributed by atoms with Gasteiger partial charge in [-0.3, -0.25) is 4.79 Å². The molecule has 2 heterocycles. The fraction of sp³-hybridized carbons (Fsp3) is 0.917. The third-order valence-electron chi connectivity index (χ3n) is 3.68. The maximum absolute atomic E-state index is 12.4. The van der Waals surface area contributed by atoms with Gasteiger partial charge in [0.1, 0.15) is 0 Å². The number of piperidine rings is 1. The topological polar surface area (TPSA) is 41.6 Å². The lowest BCUT2D eigenvalue weighted by atomic mass is 9.94. The van der Waals surface area contributed by atoms with E-state index in [-0.39, 0.29) is 17.6 Å². The summed E-state index contributed by atoms with van der Waals surface area (Å²) in [6.45, 7) is 4.64. The van der Waals surface area contributed by atoms with E-state index in [1.54, 1.807) is 7.11 Å². The van der Waals surface area contributed by atoms with E-state index < -0.39 is 0 Å². The molecule has 2 fully saturated rings. The molecule has 0 aromatic rings. The number of likely N-dealkylation sites (tertiary alicyclic amines) is 1. The van der Waals surface area contributed by atoms with E-state index >= 15 is 0 Å². The molecule has 2 aliphatic rings. The Labute approximate surface area is 107 Å². The maximum atomic E-state index is 12.4. The SMILES string of the molecule is COC1(C)CCCN(C(=O)C2CSCCN2)C1. The van der Waals surface area contributed by atoms with Crippen molar-refractivity contribution in [2.45, 2.75) is 31.4 Å². The van der Waals surface area contributed by atoms with Gasteiger partial charge in [-0.15, -0.1) is 0 Å². The molecule has 0 aliphatic carbocycles. The quantitative estimate of drug-likeness (QED) is 0.792. The first kappa shape index (κ1) is 13.2. The number of carbonyl (C=O) groups excluding carboxylic acids is 1. The van der Waals surface area contributed by atoms with Crippen LogP contribution in [0.2, 0.25) is 0 Å². The first-order valence-electron chi connectivity index (χ1n) is 6.30. The molecule has 2 atom stereocenters. The lowest BCUT2D eigenvalue weighted by molar-refractivity contribution is -0.140. The monoisotopic (exact) mass is 258 g/mol. The van der Waals surface area contributed by atoms with Crippen molar-refractivity contribution < 1.29 is 9.53 Å². The molecule has 0 bridgehead atoms. The van der Waals surface area contributed by atoms with Crippen LogP contribution < -0.4 is 5.32 Å². The highest BCUT2D eigenvalue weighted by Gasteiger charge is 2.35. The molecule has 0 saturated carbocycles. The van der Waals surface area contributed by atoms with E-state index in [2.05, 4.69) is 12.2 Å². The average Bonchev–Trinajstić information content (AvgIpc) is 2.39. The van der Waals surface area contributed by atoms with Gasteiger partial charge in [0.2, 0.25) is 5.91 Å². The van der Waals surface area contributed by atoms with Crippen LogP contribution in [-0.4, -0.2) is 60.7 Å². The van der Waals surface area contributed by atoms with Crippen molar-refractivity contribution in [1.29, 1.82) is 0 Å². The van der Waals surface area contributed by atoms with Gasteiger partial charge in [0, 0.05) is 38.2 Å². The summed E-state index contributed by atoms with van der Waals surface area (Å²) < 4.78 is 5.53. The fourth-order valence-electron chi connectivity index (χ4n) is 2.50. The molecule has 1 N–H and O–H groups in total. The first-order chi connectivity index (χ1) is 8.14. The van der Waals surface area contributed by atoms with Gasteiger partial charge in [-0.25, -0.2) is 0 Å². The molecule has 2 aliphatic heterocycles. The molecule has 2 unspecified atom stereocenters. The Kier molecular flexibility index (Phi) is 4.33. The zero-order valence-corrected chi connectivity index (χ0v) is 11.5. The first-order valence-corrected chi connectivity index (χ1v) is 7.45. The molecule has 2 saturated heterocycles. The number of nitrogens with zero attached hydrogens (tertiary/aromatic N) is 1. The summed E-state index contributed by atoms with van der Waals surface area (Å²) in [7, 11) is 1.74. The second-order valence-corrected chi connectivity index (χ2v) is 6.25. The molecule has 0 spiro atoms. The largest absolute Gasteiger partial charge is 0.377 e. The van der Waals surface area contributed by atoms with Crippen LogP contribution in [0.3, 0.4) is 0 Å². The Hall–Kier alpha value is -0.260. The molecule has 98 valence electrons. The van der Waals surface area contributed by atoms with Gasteiger partial charge in [-0.1, -0.05) is 0 Å². The minimum atomic E-state index is -0.157. The van der Waals surface area contributed by atoms with E-state index in [1.165, 1.54) is 0 Å². The minimum absolute atomic E-state index is 0.00737. The van der Waals surface area contributed by atoms with Gasteiger partial charge in [0.05, 0.1) is 11.6 Å². The Morgan fingerprint density at radius 3 is 3.06 bits per heavy atom. The summed E-state index contributed by atoms with van der Waals surface area (Å²) in [6.07, 6.45) is 2.08. The number of ether oxygens (including phenoxy) is 1. The molecule has 4 nitrogen and oxygen atoms in total. The maximum Gasteiger partial charge on any atom is 0.240 e. The minimum Gasteiger partial charge on any atom is -0.377 e. The molecular formula is C12H22N2O2S. The Morgan fingerprint density at radius 2 is 2.41 bits per heavy atom. The second kappa shape index (κ2) is 5.59. The van der Waals surface area contributed by atoms with Crippen LogP contribution in [0.25, 0.3) is 0 Å². The Morgan fingerprint density at radius 1 is 1.59 bits per heavy atom. The van der Waals surface area contributed by atoms with Crippen molar-refractivity contribution in [2.24, 2.45) is 0 Å². The van der Waals surface area contributed by atoms with Gasteiger partial charge in [-0.2, -0.15) is 11.8 Å². The number of nitrogens with one attached hydrogen (secondary N) is 1. The molecule has 0 radical (unpaired) electrons. The van der Waals surface area contributed by atoms with E-state index in [0.29, 0.717) is 0 Å². The molecular weight excluding hydrogens is 236 g/mol. The lowest BCUT2D eigenvalue weighted by Gasteiger charge is -2.41. The summed E-state index contributed by atoms with van der Waals surface area (Å²) in [4.78, 5) is 14.3. The van der Waals surface area contributed by atoms with Gasteiger partial charge >= 0.3 is 0 Å². The van der Waals surface area contributed by atoms with Crippen LogP contribution in [0, 0.1) is 0 Å². The molecule has 17 heavy (non-hydrogen) atoms. The van der Waals surface area contributed by atoms with E-state index in [9.17, 15) is 4.79 Å². The van der Waals surface area contributed by atoms with Crippen LogP contribution in [0.15, 0.2) is 0 Å². The number of rotatable bonds is 2. The Bertz CT molecular complexity index is 282. The normalized spacial score (nSPS) is 34.7. The molecule has 2 rings (SSSR count). The fourth-order valence-corrected chi connectivity index (χ4v) is 3.43. The predicted molar refractivity (Wildman–Crippen MR) is 70.3 cm³/mol. The summed E-state index contributed by atoms with van der Waals surface area (Å²) in [5.74, 6) is 2.26. The van der Waals surface area contributed by atoms with Gasteiger partial charge in [0.15, 0.2) is 0 Å².